The molecular formula is C13H12N2S. The number of anilines is 2. The number of rotatable bonds is 1. The molecule has 0 fully saturated rings. The Bertz CT molecular complexity index is 500. The molecule has 0 amide bonds. The molecule has 0 saturated heterocycles. The van der Waals surface area contributed by atoms with Crippen LogP contribution in [0.2, 0.25) is 0 Å². The number of nitrogen functional groups attached to an aromatic ring is 1. The van der Waals surface area contributed by atoms with Gasteiger partial charge in [-0.1, -0.05) is 42.1 Å². The minimum absolute atomic E-state index is 0.235. The van der Waals surface area contributed by atoms with Gasteiger partial charge in [0.15, 0.2) is 0 Å². The van der Waals surface area contributed by atoms with Crippen LogP contribution in [0.25, 0.3) is 0 Å². The fraction of sp³-hybridized carbons (Fsp3) is 0.0769. The van der Waals surface area contributed by atoms with E-state index in [1.165, 1.54) is 10.6 Å². The second kappa shape index (κ2) is 3.76. The van der Waals surface area contributed by atoms with E-state index in [0.29, 0.717) is 0 Å². The van der Waals surface area contributed by atoms with Crippen molar-refractivity contribution in [2.24, 2.45) is 0 Å². The lowest BCUT2D eigenvalue weighted by Crippen LogP contribution is -2.04. The Labute approximate surface area is 98.9 Å². The molecule has 0 saturated carbocycles. The summed E-state index contributed by atoms with van der Waals surface area (Å²) in [6, 6.07) is 16.3. The zero-order valence-electron chi connectivity index (χ0n) is 8.68. The van der Waals surface area contributed by atoms with Gasteiger partial charge in [0.05, 0.1) is 0 Å². The Hall–Kier alpha value is -1.61. The summed E-state index contributed by atoms with van der Waals surface area (Å²) in [6.07, 6.45) is 0. The van der Waals surface area contributed by atoms with E-state index in [9.17, 15) is 0 Å². The van der Waals surface area contributed by atoms with E-state index in [2.05, 4.69) is 29.6 Å². The molecule has 0 aromatic heterocycles. The van der Waals surface area contributed by atoms with Crippen LogP contribution in [0.3, 0.4) is 0 Å². The molecule has 0 radical (unpaired) electrons. The first-order valence-electron chi connectivity index (χ1n) is 5.21. The third kappa shape index (κ3) is 1.53. The minimum atomic E-state index is 0.235. The van der Waals surface area contributed by atoms with Crippen molar-refractivity contribution in [3.8, 4) is 0 Å². The van der Waals surface area contributed by atoms with Gasteiger partial charge in [-0.25, -0.2) is 0 Å². The van der Waals surface area contributed by atoms with E-state index in [-0.39, 0.29) is 5.37 Å². The molecule has 16 heavy (non-hydrogen) atoms. The quantitative estimate of drug-likeness (QED) is 0.734. The molecule has 1 aliphatic rings. The first-order chi connectivity index (χ1) is 7.84. The van der Waals surface area contributed by atoms with Gasteiger partial charge in [-0.15, -0.1) is 0 Å². The van der Waals surface area contributed by atoms with Gasteiger partial charge in [0.25, 0.3) is 0 Å². The van der Waals surface area contributed by atoms with Gasteiger partial charge in [0.1, 0.15) is 5.37 Å². The zero-order valence-corrected chi connectivity index (χ0v) is 9.50. The monoisotopic (exact) mass is 228 g/mol. The van der Waals surface area contributed by atoms with E-state index in [1.54, 1.807) is 0 Å². The molecule has 1 unspecified atom stereocenters. The van der Waals surface area contributed by atoms with Crippen molar-refractivity contribution >= 4 is 23.1 Å². The topological polar surface area (TPSA) is 38.0 Å². The van der Waals surface area contributed by atoms with Crippen LogP contribution in [0.15, 0.2) is 53.4 Å². The fourth-order valence-electron chi connectivity index (χ4n) is 1.88. The Morgan fingerprint density at radius 2 is 1.75 bits per heavy atom. The molecule has 3 N–H and O–H groups in total. The lowest BCUT2D eigenvalue weighted by molar-refractivity contribution is 1.14. The summed E-state index contributed by atoms with van der Waals surface area (Å²) in [5.41, 5.74) is 9.18. The molecule has 0 spiro atoms. The summed E-state index contributed by atoms with van der Waals surface area (Å²) in [6.45, 7) is 0. The van der Waals surface area contributed by atoms with Gasteiger partial charge in [-0.2, -0.15) is 0 Å². The zero-order chi connectivity index (χ0) is 11.0. The summed E-state index contributed by atoms with van der Waals surface area (Å²) in [4.78, 5) is 1.29. The molecule has 1 heterocycles. The lowest BCUT2D eigenvalue weighted by atomic mass is 10.2. The van der Waals surface area contributed by atoms with Crippen LogP contribution in [0, 0.1) is 0 Å². The van der Waals surface area contributed by atoms with Crippen LogP contribution in [-0.2, 0) is 0 Å². The van der Waals surface area contributed by atoms with E-state index >= 15 is 0 Å². The predicted molar refractivity (Wildman–Crippen MR) is 69.5 cm³/mol. The van der Waals surface area contributed by atoms with Crippen molar-refractivity contribution in [1.29, 1.82) is 0 Å². The van der Waals surface area contributed by atoms with Crippen molar-refractivity contribution < 1.29 is 0 Å². The number of fused-ring (bicyclic) bond motifs is 1. The van der Waals surface area contributed by atoms with Gasteiger partial charge in [0, 0.05) is 21.8 Å². The molecule has 1 atom stereocenters. The van der Waals surface area contributed by atoms with Crippen LogP contribution < -0.4 is 11.1 Å². The normalized spacial score (nSPS) is 17.9. The number of nitrogens with one attached hydrogen (secondary N) is 1. The molecule has 2 aromatic rings. The van der Waals surface area contributed by atoms with Crippen molar-refractivity contribution in [3.05, 3.63) is 54.1 Å². The van der Waals surface area contributed by atoms with E-state index in [4.69, 9.17) is 5.73 Å². The maximum atomic E-state index is 5.98. The SMILES string of the molecule is Nc1ccccc1C1Nc2ccccc2S1. The fourth-order valence-corrected chi connectivity index (χ4v) is 3.07. The molecule has 3 heteroatoms. The predicted octanol–water partition coefficient (Wildman–Crippen LogP) is 3.49. The first-order valence-corrected chi connectivity index (χ1v) is 6.09. The average Bonchev–Trinajstić information content (AvgIpc) is 2.73. The third-order valence-electron chi connectivity index (χ3n) is 2.70. The molecule has 2 nitrogen and oxygen atoms in total. The average molecular weight is 228 g/mol. The highest BCUT2D eigenvalue weighted by Gasteiger charge is 2.23. The Morgan fingerprint density at radius 1 is 1.00 bits per heavy atom. The maximum absolute atomic E-state index is 5.98. The first kappa shape index (κ1) is 9.60. The second-order valence-electron chi connectivity index (χ2n) is 3.77. The third-order valence-corrected chi connectivity index (χ3v) is 3.91. The van der Waals surface area contributed by atoms with Crippen LogP contribution in [0.5, 0.6) is 0 Å². The number of thioether (sulfide) groups is 1. The Balaban J connectivity index is 1.95. The van der Waals surface area contributed by atoms with Gasteiger partial charge in [-0.3, -0.25) is 0 Å². The maximum Gasteiger partial charge on any atom is 0.105 e. The highest BCUT2D eigenvalue weighted by Crippen LogP contribution is 2.47. The van der Waals surface area contributed by atoms with Crippen molar-refractivity contribution in [1.82, 2.24) is 0 Å². The van der Waals surface area contributed by atoms with Gasteiger partial charge in [-0.05, 0) is 18.2 Å². The largest absolute Gasteiger partial charge is 0.398 e. The van der Waals surface area contributed by atoms with E-state index in [0.717, 1.165) is 11.3 Å². The van der Waals surface area contributed by atoms with Crippen molar-refractivity contribution in [3.63, 3.8) is 0 Å². The van der Waals surface area contributed by atoms with Crippen LogP contribution in [0.4, 0.5) is 11.4 Å². The summed E-state index contributed by atoms with van der Waals surface area (Å²) in [7, 11) is 0. The summed E-state index contributed by atoms with van der Waals surface area (Å²) in [5, 5.41) is 3.71. The summed E-state index contributed by atoms with van der Waals surface area (Å²) < 4.78 is 0. The van der Waals surface area contributed by atoms with Gasteiger partial charge in [0.2, 0.25) is 0 Å². The van der Waals surface area contributed by atoms with E-state index in [1.807, 2.05) is 36.0 Å². The minimum Gasteiger partial charge on any atom is -0.398 e. The molecule has 80 valence electrons. The smallest absolute Gasteiger partial charge is 0.105 e. The van der Waals surface area contributed by atoms with Crippen LogP contribution >= 0.6 is 11.8 Å². The Morgan fingerprint density at radius 3 is 2.56 bits per heavy atom. The Kier molecular flexibility index (Phi) is 2.26. The summed E-state index contributed by atoms with van der Waals surface area (Å²) >= 11 is 1.81. The van der Waals surface area contributed by atoms with Gasteiger partial charge < -0.3 is 11.1 Å². The number of nitrogens with two attached hydrogens (primary N) is 1. The van der Waals surface area contributed by atoms with Gasteiger partial charge >= 0.3 is 0 Å². The van der Waals surface area contributed by atoms with Crippen molar-refractivity contribution in [2.75, 3.05) is 11.1 Å². The molecule has 2 aromatic carbocycles. The summed E-state index contributed by atoms with van der Waals surface area (Å²) in [5.74, 6) is 0. The lowest BCUT2D eigenvalue weighted by Gasteiger charge is -2.12. The molecule has 1 aliphatic heterocycles. The molecular weight excluding hydrogens is 216 g/mol. The molecule has 0 bridgehead atoms. The second-order valence-corrected chi connectivity index (χ2v) is 4.91. The van der Waals surface area contributed by atoms with Crippen LogP contribution in [0.1, 0.15) is 10.9 Å². The number of para-hydroxylation sites is 2. The van der Waals surface area contributed by atoms with E-state index < -0.39 is 0 Å². The highest BCUT2D eigenvalue weighted by atomic mass is 32.2. The molecule has 0 aliphatic carbocycles. The highest BCUT2D eigenvalue weighted by molar-refractivity contribution is 8.00. The number of hydrogen-bond donors (Lipinski definition) is 2. The number of benzene rings is 2. The molecule has 3 rings (SSSR count). The van der Waals surface area contributed by atoms with Crippen molar-refractivity contribution in [2.45, 2.75) is 10.3 Å². The van der Waals surface area contributed by atoms with Crippen LogP contribution in [-0.4, -0.2) is 0 Å². The standard InChI is InChI=1S/C13H12N2S/c14-10-6-2-1-5-9(10)13-15-11-7-3-4-8-12(11)16-13/h1-8,13,15H,14H2. The number of hydrogen-bond acceptors (Lipinski definition) is 3.